The zero-order chi connectivity index (χ0) is 58.4. The minimum Gasteiger partial charge on any atom is -0.464 e. The lowest BCUT2D eigenvalue weighted by molar-refractivity contribution is 0.469. The maximum absolute atomic E-state index is 5.12. The molecule has 0 spiro atoms. The van der Waals surface area contributed by atoms with Gasteiger partial charge in [-0.15, -0.1) is 0 Å². The van der Waals surface area contributed by atoms with Crippen LogP contribution in [0.4, 0.5) is 0 Å². The van der Waals surface area contributed by atoms with E-state index in [1.807, 2.05) is 208 Å². The molecule has 0 unspecified atom stereocenters. The monoisotopic (exact) mass is 1030 g/mol. The second-order valence-electron chi connectivity index (χ2n) is 20.0. The summed E-state index contributed by atoms with van der Waals surface area (Å²) in [5, 5.41) is 4.88. The van der Waals surface area contributed by atoms with Gasteiger partial charge in [0, 0.05) is 34.2 Å². The topological polar surface area (TPSA) is 128 Å². The van der Waals surface area contributed by atoms with Crippen LogP contribution in [0.15, 0.2) is 155 Å². The third-order valence-corrected chi connectivity index (χ3v) is 5.65. The second kappa shape index (κ2) is 60.5. The summed E-state index contributed by atoms with van der Waals surface area (Å²) < 4.78 is 10.2. The minimum atomic E-state index is 0. The normalized spacial score (nSPS) is 8.86. The van der Waals surface area contributed by atoms with Crippen molar-refractivity contribution in [2.75, 3.05) is 0 Å². The van der Waals surface area contributed by atoms with Crippen molar-refractivity contribution in [3.05, 3.63) is 146 Å². The molecule has 8 aromatic rings. The van der Waals surface area contributed by atoms with Crippen molar-refractivity contribution in [1.29, 1.82) is 0 Å². The summed E-state index contributed by atoms with van der Waals surface area (Å²) >= 11 is 0. The molecule has 0 amide bonds. The molecule has 432 valence electrons. The Morgan fingerprint density at radius 1 is 0.257 bits per heavy atom. The van der Waals surface area contributed by atoms with Crippen molar-refractivity contribution >= 4 is 43.7 Å². The third-order valence-electron chi connectivity index (χ3n) is 5.65. The number of rotatable bonds is 0. The summed E-state index contributed by atoms with van der Waals surface area (Å²) in [7, 11) is 0. The number of nitrogens with one attached hydrogen (secondary N) is 2. The van der Waals surface area contributed by atoms with Gasteiger partial charge in [0.1, 0.15) is 11.2 Å². The Balaban J connectivity index is -0.0000000767. The summed E-state index contributed by atoms with van der Waals surface area (Å²) in [6, 6.07) is 40.4. The number of H-pyrrole nitrogens is 2. The third kappa shape index (κ3) is 73.5. The Kier molecular flexibility index (Phi) is 74.9. The van der Waals surface area contributed by atoms with Crippen LogP contribution in [0, 0.1) is 21.7 Å². The lowest BCUT2D eigenvalue weighted by Gasteiger charge is -2.05. The molecular formula is C68H128N4O2. The van der Waals surface area contributed by atoms with Crippen LogP contribution in [0.1, 0.15) is 222 Å². The van der Waals surface area contributed by atoms with E-state index < -0.39 is 0 Å². The van der Waals surface area contributed by atoms with E-state index in [-0.39, 0.29) is 12.3 Å². The van der Waals surface area contributed by atoms with Crippen LogP contribution in [0.25, 0.3) is 43.7 Å². The largest absolute Gasteiger partial charge is 0.464 e. The van der Waals surface area contributed by atoms with Crippen LogP contribution in [0.2, 0.25) is 0 Å². The van der Waals surface area contributed by atoms with E-state index in [1.54, 1.807) is 12.5 Å². The molecule has 4 aromatic heterocycles. The standard InChI is InChI=1S/2C8H7N.2C8H6O.4C5H12.8C2H6.2H3N/c4*1-2-4-8-7(3-1)5-6-9-8;4*1-5(2,3)4;8*1-2;;/h2*1-6,9H;2*1-6H;4*1-4H3;8*1-2H3;2*1H3. The number of para-hydroxylation sites is 4. The van der Waals surface area contributed by atoms with Crippen LogP contribution in [0.5, 0.6) is 0 Å². The molecule has 74 heavy (non-hydrogen) atoms. The first-order valence-electron chi connectivity index (χ1n) is 27.8. The highest BCUT2D eigenvalue weighted by atomic mass is 16.3. The van der Waals surface area contributed by atoms with Gasteiger partial charge >= 0.3 is 0 Å². The first-order valence-corrected chi connectivity index (χ1v) is 27.8. The highest BCUT2D eigenvalue weighted by Crippen LogP contribution is 2.15. The maximum Gasteiger partial charge on any atom is 0.133 e. The molecule has 4 aromatic carbocycles. The quantitative estimate of drug-likeness (QED) is 0.121. The number of furan rings is 2. The molecule has 8 rings (SSSR count). The molecule has 0 aliphatic heterocycles. The number of fused-ring (bicyclic) bond motifs is 4. The second-order valence-corrected chi connectivity index (χ2v) is 20.0. The predicted octanol–water partition coefficient (Wildman–Crippen LogP) is 25.9. The fraction of sp³-hybridized carbons (Fsp3) is 0.529. The van der Waals surface area contributed by atoms with Gasteiger partial charge in [-0.1, -0.05) is 294 Å². The Morgan fingerprint density at radius 2 is 0.446 bits per heavy atom. The Hall–Kier alpha value is -5.04. The van der Waals surface area contributed by atoms with E-state index in [9.17, 15) is 0 Å². The molecule has 0 fully saturated rings. The summed E-state index contributed by atoms with van der Waals surface area (Å²) in [5.41, 5.74) is 6.32. The maximum atomic E-state index is 5.12. The van der Waals surface area contributed by atoms with Crippen LogP contribution >= 0.6 is 0 Å². The van der Waals surface area contributed by atoms with Gasteiger partial charge < -0.3 is 31.1 Å². The van der Waals surface area contributed by atoms with Crippen molar-refractivity contribution < 1.29 is 8.83 Å². The summed E-state index contributed by atoms with van der Waals surface area (Å²) in [4.78, 5) is 6.24. The Bertz CT molecular complexity index is 1700. The highest BCUT2D eigenvalue weighted by Gasteiger charge is 1.97. The first-order chi connectivity index (χ1) is 33.9. The van der Waals surface area contributed by atoms with E-state index in [4.69, 9.17) is 8.83 Å². The number of aromatic nitrogens is 2. The van der Waals surface area contributed by atoms with E-state index in [0.717, 1.165) is 21.9 Å². The molecule has 6 nitrogen and oxygen atoms in total. The summed E-state index contributed by atoms with van der Waals surface area (Å²) in [6.07, 6.45) is 7.30. The zero-order valence-corrected chi connectivity index (χ0v) is 55.1. The zero-order valence-electron chi connectivity index (χ0n) is 55.1. The number of hydrogen-bond acceptors (Lipinski definition) is 4. The molecule has 0 aliphatic rings. The lowest BCUT2D eigenvalue weighted by Crippen LogP contribution is -1.93. The van der Waals surface area contributed by atoms with Crippen LogP contribution in [-0.4, -0.2) is 9.97 Å². The highest BCUT2D eigenvalue weighted by molar-refractivity contribution is 5.79. The van der Waals surface area contributed by atoms with Crippen molar-refractivity contribution in [2.24, 2.45) is 21.7 Å². The lowest BCUT2D eigenvalue weighted by atomic mass is 10.0. The van der Waals surface area contributed by atoms with Crippen molar-refractivity contribution in [2.45, 2.75) is 222 Å². The van der Waals surface area contributed by atoms with Gasteiger partial charge in [0.25, 0.3) is 0 Å². The van der Waals surface area contributed by atoms with Crippen molar-refractivity contribution in [1.82, 2.24) is 22.3 Å². The van der Waals surface area contributed by atoms with Crippen molar-refractivity contribution in [3.8, 4) is 0 Å². The summed E-state index contributed by atoms with van der Waals surface area (Å²) in [6.45, 7) is 67.0. The molecule has 0 saturated heterocycles. The average Bonchev–Trinajstić information content (AvgIpc) is 4.21. The van der Waals surface area contributed by atoms with Crippen molar-refractivity contribution in [3.63, 3.8) is 0 Å². The van der Waals surface area contributed by atoms with Gasteiger partial charge in [0.15, 0.2) is 0 Å². The van der Waals surface area contributed by atoms with Gasteiger partial charge in [-0.3, -0.25) is 0 Å². The fourth-order valence-electron chi connectivity index (χ4n) is 3.80. The predicted molar refractivity (Wildman–Crippen MR) is 350 cm³/mol. The van der Waals surface area contributed by atoms with Gasteiger partial charge in [-0.05, 0) is 81.0 Å². The molecule has 6 heteroatoms. The van der Waals surface area contributed by atoms with Gasteiger partial charge in [0.2, 0.25) is 0 Å². The first kappa shape index (κ1) is 91.6. The molecule has 0 aliphatic carbocycles. The number of aromatic amines is 2. The minimum absolute atomic E-state index is 0. The molecule has 0 atom stereocenters. The molecule has 0 radical (unpaired) electrons. The Labute approximate surface area is 462 Å². The average molecular weight is 1030 g/mol. The molecular weight excluding hydrogens is 905 g/mol. The van der Waals surface area contributed by atoms with Gasteiger partial charge in [-0.2, -0.15) is 0 Å². The molecule has 4 heterocycles. The number of hydrogen-bond donors (Lipinski definition) is 4. The fourth-order valence-corrected chi connectivity index (χ4v) is 3.80. The van der Waals surface area contributed by atoms with E-state index >= 15 is 0 Å². The molecule has 8 N–H and O–H groups in total. The summed E-state index contributed by atoms with van der Waals surface area (Å²) in [5.74, 6) is 0. The SMILES string of the molecule is CC.CC.CC.CC.CC.CC.CC.CC.CC(C)(C)C.CC(C)(C)C.CC(C)(C)C.CC(C)(C)C.N.N.c1ccc2[nH]ccc2c1.c1ccc2[nH]ccc2c1.c1ccc2occc2c1.c1ccc2occc2c1. The van der Waals surface area contributed by atoms with Crippen LogP contribution in [0.3, 0.4) is 0 Å². The molecule has 0 saturated carbocycles. The smallest absolute Gasteiger partial charge is 0.133 e. The van der Waals surface area contributed by atoms with Gasteiger partial charge in [0.05, 0.1) is 12.5 Å². The number of benzene rings is 4. The van der Waals surface area contributed by atoms with Gasteiger partial charge in [-0.25, -0.2) is 0 Å². The molecule has 0 bridgehead atoms. The van der Waals surface area contributed by atoms with Crippen LogP contribution < -0.4 is 12.3 Å². The van der Waals surface area contributed by atoms with Crippen LogP contribution in [-0.2, 0) is 0 Å². The van der Waals surface area contributed by atoms with E-state index in [2.05, 4.69) is 157 Å². The Morgan fingerprint density at radius 3 is 0.649 bits per heavy atom. The van der Waals surface area contributed by atoms with E-state index in [1.165, 1.54) is 21.8 Å². The van der Waals surface area contributed by atoms with E-state index in [0.29, 0.717) is 21.7 Å².